The number of aryl methyl sites for hydroxylation is 1. The molecule has 1 saturated carbocycles. The summed E-state index contributed by atoms with van der Waals surface area (Å²) in [6, 6.07) is 0.491. The van der Waals surface area contributed by atoms with E-state index in [0.717, 1.165) is 43.6 Å². The SMILES string of the molecule is CCCNc1nc(C)nc(N2CCOC3CCCC32)c1C. The molecule has 1 saturated heterocycles. The average molecular weight is 290 g/mol. The van der Waals surface area contributed by atoms with Crippen LogP contribution in [0.5, 0.6) is 0 Å². The molecule has 1 aliphatic heterocycles. The van der Waals surface area contributed by atoms with Crippen molar-refractivity contribution in [3.05, 3.63) is 11.4 Å². The Balaban J connectivity index is 1.91. The van der Waals surface area contributed by atoms with Gasteiger partial charge >= 0.3 is 0 Å². The smallest absolute Gasteiger partial charge is 0.137 e. The lowest BCUT2D eigenvalue weighted by Gasteiger charge is -2.39. The third-order valence-corrected chi connectivity index (χ3v) is 4.53. The summed E-state index contributed by atoms with van der Waals surface area (Å²) in [4.78, 5) is 11.8. The summed E-state index contributed by atoms with van der Waals surface area (Å²) in [5.74, 6) is 2.93. The molecule has 1 aromatic rings. The molecule has 0 amide bonds. The Hall–Kier alpha value is -1.36. The third kappa shape index (κ3) is 2.84. The molecule has 0 radical (unpaired) electrons. The van der Waals surface area contributed by atoms with Crippen LogP contribution in [0.2, 0.25) is 0 Å². The Morgan fingerprint density at radius 1 is 1.29 bits per heavy atom. The van der Waals surface area contributed by atoms with Crippen molar-refractivity contribution < 1.29 is 4.74 Å². The van der Waals surface area contributed by atoms with Crippen LogP contribution < -0.4 is 10.2 Å². The molecule has 2 aliphatic rings. The molecule has 5 nitrogen and oxygen atoms in total. The van der Waals surface area contributed by atoms with Gasteiger partial charge in [-0.15, -0.1) is 0 Å². The van der Waals surface area contributed by atoms with Gasteiger partial charge < -0.3 is 15.0 Å². The number of anilines is 2. The van der Waals surface area contributed by atoms with Crippen molar-refractivity contribution in [1.82, 2.24) is 9.97 Å². The largest absolute Gasteiger partial charge is 0.374 e. The van der Waals surface area contributed by atoms with Gasteiger partial charge in [-0.1, -0.05) is 6.92 Å². The highest BCUT2D eigenvalue weighted by molar-refractivity contribution is 5.59. The molecule has 2 heterocycles. The summed E-state index contributed by atoms with van der Waals surface area (Å²) < 4.78 is 5.92. The summed E-state index contributed by atoms with van der Waals surface area (Å²) in [7, 11) is 0. The lowest BCUT2D eigenvalue weighted by molar-refractivity contribution is 0.0252. The third-order valence-electron chi connectivity index (χ3n) is 4.53. The normalized spacial score (nSPS) is 25.0. The Bertz CT molecular complexity index is 505. The van der Waals surface area contributed by atoms with Gasteiger partial charge in [0.1, 0.15) is 17.5 Å². The van der Waals surface area contributed by atoms with Crippen molar-refractivity contribution in [3.63, 3.8) is 0 Å². The Kier molecular flexibility index (Phi) is 4.29. The van der Waals surface area contributed by atoms with Crippen molar-refractivity contribution >= 4 is 11.6 Å². The maximum absolute atomic E-state index is 5.92. The van der Waals surface area contributed by atoms with Crippen molar-refractivity contribution in [2.75, 3.05) is 29.9 Å². The molecular weight excluding hydrogens is 264 g/mol. The highest BCUT2D eigenvalue weighted by Crippen LogP contribution is 2.34. The number of hydrogen-bond acceptors (Lipinski definition) is 5. The van der Waals surface area contributed by atoms with E-state index in [0.29, 0.717) is 12.1 Å². The van der Waals surface area contributed by atoms with Gasteiger partial charge in [0.25, 0.3) is 0 Å². The van der Waals surface area contributed by atoms with E-state index in [2.05, 4.69) is 29.0 Å². The fourth-order valence-corrected chi connectivity index (χ4v) is 3.50. The Labute approximate surface area is 127 Å². The fraction of sp³-hybridized carbons (Fsp3) is 0.750. The van der Waals surface area contributed by atoms with Crippen molar-refractivity contribution in [3.8, 4) is 0 Å². The highest BCUT2D eigenvalue weighted by atomic mass is 16.5. The molecule has 2 unspecified atom stereocenters. The number of hydrogen-bond donors (Lipinski definition) is 1. The molecule has 5 heteroatoms. The molecule has 0 spiro atoms. The lowest BCUT2D eigenvalue weighted by atomic mass is 10.1. The zero-order chi connectivity index (χ0) is 14.8. The second-order valence-corrected chi connectivity index (χ2v) is 6.10. The van der Waals surface area contributed by atoms with Crippen LogP contribution in [0.4, 0.5) is 11.6 Å². The summed E-state index contributed by atoms with van der Waals surface area (Å²) in [6.45, 7) is 8.97. The number of aromatic nitrogens is 2. The van der Waals surface area contributed by atoms with E-state index in [-0.39, 0.29) is 0 Å². The van der Waals surface area contributed by atoms with E-state index in [1.54, 1.807) is 0 Å². The second-order valence-electron chi connectivity index (χ2n) is 6.10. The van der Waals surface area contributed by atoms with Gasteiger partial charge in [0.05, 0.1) is 18.8 Å². The molecular formula is C16H26N4O. The first-order chi connectivity index (χ1) is 10.2. The predicted molar refractivity (Wildman–Crippen MR) is 85.0 cm³/mol. The molecule has 2 atom stereocenters. The van der Waals surface area contributed by atoms with Crippen LogP contribution in [-0.4, -0.2) is 41.8 Å². The highest BCUT2D eigenvalue weighted by Gasteiger charge is 2.37. The minimum absolute atomic E-state index is 0.389. The topological polar surface area (TPSA) is 50.3 Å². The van der Waals surface area contributed by atoms with Gasteiger partial charge in [-0.05, 0) is 39.5 Å². The number of nitrogens with zero attached hydrogens (tertiary/aromatic N) is 3. The van der Waals surface area contributed by atoms with Gasteiger partial charge in [0.15, 0.2) is 0 Å². The van der Waals surface area contributed by atoms with Crippen molar-refractivity contribution in [2.45, 2.75) is 58.6 Å². The summed E-state index contributed by atoms with van der Waals surface area (Å²) in [5.41, 5.74) is 1.17. The lowest BCUT2D eigenvalue weighted by Crippen LogP contribution is -2.49. The Morgan fingerprint density at radius 3 is 2.95 bits per heavy atom. The maximum Gasteiger partial charge on any atom is 0.137 e. The zero-order valence-electron chi connectivity index (χ0n) is 13.4. The van der Waals surface area contributed by atoms with E-state index >= 15 is 0 Å². The van der Waals surface area contributed by atoms with E-state index in [1.807, 2.05) is 6.92 Å². The predicted octanol–water partition coefficient (Wildman–Crippen LogP) is 2.67. The Morgan fingerprint density at radius 2 is 2.14 bits per heavy atom. The number of rotatable bonds is 4. The van der Waals surface area contributed by atoms with Crippen LogP contribution in [0, 0.1) is 13.8 Å². The van der Waals surface area contributed by atoms with Crippen LogP contribution in [0.1, 0.15) is 44.0 Å². The van der Waals surface area contributed by atoms with Crippen LogP contribution in [0.15, 0.2) is 0 Å². The molecule has 1 N–H and O–H groups in total. The maximum atomic E-state index is 5.92. The van der Waals surface area contributed by atoms with Gasteiger partial charge in [-0.25, -0.2) is 9.97 Å². The fourth-order valence-electron chi connectivity index (χ4n) is 3.50. The first-order valence-corrected chi connectivity index (χ1v) is 8.18. The van der Waals surface area contributed by atoms with Crippen molar-refractivity contribution in [2.24, 2.45) is 0 Å². The van der Waals surface area contributed by atoms with Gasteiger partial charge in [-0.2, -0.15) is 0 Å². The monoisotopic (exact) mass is 290 g/mol. The van der Waals surface area contributed by atoms with Gasteiger partial charge in [0, 0.05) is 18.7 Å². The zero-order valence-corrected chi connectivity index (χ0v) is 13.4. The molecule has 116 valence electrons. The minimum atomic E-state index is 0.389. The van der Waals surface area contributed by atoms with Gasteiger partial charge in [0.2, 0.25) is 0 Å². The van der Waals surface area contributed by atoms with Crippen LogP contribution >= 0.6 is 0 Å². The molecule has 0 aromatic carbocycles. The van der Waals surface area contributed by atoms with E-state index < -0.39 is 0 Å². The number of fused-ring (bicyclic) bond motifs is 1. The molecule has 2 fully saturated rings. The van der Waals surface area contributed by atoms with Crippen LogP contribution in [-0.2, 0) is 4.74 Å². The molecule has 21 heavy (non-hydrogen) atoms. The molecule has 1 aromatic heterocycles. The average Bonchev–Trinajstić information content (AvgIpc) is 2.96. The number of ether oxygens (including phenoxy) is 1. The quantitative estimate of drug-likeness (QED) is 0.924. The molecule has 3 rings (SSSR count). The van der Waals surface area contributed by atoms with Crippen LogP contribution in [0.3, 0.4) is 0 Å². The van der Waals surface area contributed by atoms with E-state index in [4.69, 9.17) is 9.72 Å². The number of nitrogens with one attached hydrogen (secondary N) is 1. The van der Waals surface area contributed by atoms with E-state index in [9.17, 15) is 0 Å². The van der Waals surface area contributed by atoms with E-state index in [1.165, 1.54) is 24.8 Å². The van der Waals surface area contributed by atoms with Gasteiger partial charge in [-0.3, -0.25) is 0 Å². The molecule has 0 bridgehead atoms. The standard InChI is InChI=1S/C16H26N4O/c1-4-8-17-15-11(2)16(19-12(3)18-15)20-9-10-21-14-7-5-6-13(14)20/h13-14H,4-10H2,1-3H3,(H,17,18,19). The van der Waals surface area contributed by atoms with Crippen molar-refractivity contribution in [1.29, 1.82) is 0 Å². The molecule has 1 aliphatic carbocycles. The summed E-state index contributed by atoms with van der Waals surface area (Å²) in [5, 5.41) is 3.43. The second kappa shape index (κ2) is 6.18. The first-order valence-electron chi connectivity index (χ1n) is 8.18. The first kappa shape index (κ1) is 14.6. The minimum Gasteiger partial charge on any atom is -0.374 e. The summed E-state index contributed by atoms with van der Waals surface area (Å²) >= 11 is 0. The number of morpholine rings is 1. The summed E-state index contributed by atoms with van der Waals surface area (Å²) in [6.07, 6.45) is 5.15. The van der Waals surface area contributed by atoms with Crippen LogP contribution in [0.25, 0.3) is 0 Å².